The molecule has 1 saturated carbocycles. The monoisotopic (exact) mass is 382 g/mol. The summed E-state index contributed by atoms with van der Waals surface area (Å²) in [5.41, 5.74) is 2.95. The molecule has 3 aliphatic heterocycles. The summed E-state index contributed by atoms with van der Waals surface area (Å²) in [5, 5.41) is 9.72. The maximum Gasteiger partial charge on any atom is 0.255 e. The van der Waals surface area contributed by atoms with Crippen LogP contribution in [0.15, 0.2) is 18.2 Å². The highest BCUT2D eigenvalue weighted by Crippen LogP contribution is 2.39. The van der Waals surface area contributed by atoms with Crippen molar-refractivity contribution in [2.45, 2.75) is 69.2 Å². The van der Waals surface area contributed by atoms with E-state index in [4.69, 9.17) is 0 Å². The number of benzene rings is 1. The number of carbonyl (C=O) groups excluding carboxylic acids is 3. The number of rotatable bonds is 4. The van der Waals surface area contributed by atoms with E-state index in [0.29, 0.717) is 25.6 Å². The summed E-state index contributed by atoms with van der Waals surface area (Å²) in [6, 6.07) is 5.85. The minimum absolute atomic E-state index is 0.0928. The zero-order valence-electron chi connectivity index (χ0n) is 15.9. The molecular weight excluding hydrogens is 356 g/mol. The molecule has 5 rings (SSSR count). The van der Waals surface area contributed by atoms with Gasteiger partial charge in [0.15, 0.2) is 0 Å². The van der Waals surface area contributed by atoms with Gasteiger partial charge in [0.25, 0.3) is 5.91 Å². The lowest BCUT2D eigenvalue weighted by molar-refractivity contribution is -0.136. The van der Waals surface area contributed by atoms with Crippen molar-refractivity contribution in [2.75, 3.05) is 6.54 Å². The van der Waals surface area contributed by atoms with Gasteiger partial charge in [-0.25, -0.2) is 0 Å². The van der Waals surface area contributed by atoms with E-state index in [1.165, 1.54) is 19.3 Å². The first-order valence-electron chi connectivity index (χ1n) is 10.3. The van der Waals surface area contributed by atoms with Gasteiger partial charge >= 0.3 is 0 Å². The number of hydrogen-bond acceptors (Lipinski definition) is 5. The third kappa shape index (κ3) is 2.76. The van der Waals surface area contributed by atoms with E-state index in [1.54, 1.807) is 4.90 Å². The lowest BCUT2D eigenvalue weighted by Crippen LogP contribution is -2.58. The molecule has 3 amide bonds. The molecule has 3 fully saturated rings. The van der Waals surface area contributed by atoms with E-state index < -0.39 is 6.04 Å². The van der Waals surface area contributed by atoms with Crippen molar-refractivity contribution in [1.29, 1.82) is 0 Å². The van der Waals surface area contributed by atoms with Gasteiger partial charge in [-0.05, 0) is 49.8 Å². The fourth-order valence-corrected chi connectivity index (χ4v) is 5.32. The average Bonchev–Trinajstić information content (AvgIpc) is 3.22. The predicted molar refractivity (Wildman–Crippen MR) is 102 cm³/mol. The highest BCUT2D eigenvalue weighted by Gasteiger charge is 2.47. The number of hydrogen-bond donors (Lipinski definition) is 3. The summed E-state index contributed by atoms with van der Waals surface area (Å²) < 4.78 is 0. The maximum absolute atomic E-state index is 13.2. The van der Waals surface area contributed by atoms with Crippen LogP contribution in [-0.4, -0.2) is 46.8 Å². The molecule has 3 heterocycles. The fraction of sp³-hybridized carbons (Fsp3) is 0.571. The topological polar surface area (TPSA) is 90.5 Å². The van der Waals surface area contributed by atoms with Crippen LogP contribution in [0.3, 0.4) is 0 Å². The molecule has 28 heavy (non-hydrogen) atoms. The molecule has 2 unspecified atom stereocenters. The Hall–Kier alpha value is -2.25. The lowest BCUT2D eigenvalue weighted by atomic mass is 9.73. The van der Waals surface area contributed by atoms with Gasteiger partial charge in [0.2, 0.25) is 11.8 Å². The molecule has 2 atom stereocenters. The SMILES string of the molecule is O=C1CCC(N2Cc3cccc(CNC4CCNC45CCC5)c3C2=O)C(=O)N1. The number of imide groups is 1. The molecule has 1 aromatic carbocycles. The van der Waals surface area contributed by atoms with Crippen molar-refractivity contribution in [2.24, 2.45) is 0 Å². The number of fused-ring (bicyclic) bond motifs is 1. The van der Waals surface area contributed by atoms with Crippen LogP contribution in [0.2, 0.25) is 0 Å². The Morgan fingerprint density at radius 1 is 1.18 bits per heavy atom. The van der Waals surface area contributed by atoms with Gasteiger partial charge in [-0.3, -0.25) is 19.7 Å². The van der Waals surface area contributed by atoms with Gasteiger partial charge < -0.3 is 15.5 Å². The average molecular weight is 382 g/mol. The van der Waals surface area contributed by atoms with Crippen molar-refractivity contribution in [3.8, 4) is 0 Å². The van der Waals surface area contributed by atoms with Crippen molar-refractivity contribution >= 4 is 17.7 Å². The summed E-state index contributed by atoms with van der Waals surface area (Å²) in [5.74, 6) is -0.712. The quantitative estimate of drug-likeness (QED) is 0.671. The second kappa shape index (κ2) is 6.67. The highest BCUT2D eigenvalue weighted by molar-refractivity contribution is 6.05. The first kappa shape index (κ1) is 17.8. The summed E-state index contributed by atoms with van der Waals surface area (Å²) >= 11 is 0. The Labute approximate surface area is 164 Å². The molecule has 1 aliphatic carbocycles. The van der Waals surface area contributed by atoms with E-state index >= 15 is 0 Å². The number of nitrogens with zero attached hydrogens (tertiary/aromatic N) is 1. The molecule has 148 valence electrons. The van der Waals surface area contributed by atoms with E-state index in [1.807, 2.05) is 18.2 Å². The van der Waals surface area contributed by atoms with Crippen LogP contribution in [0.4, 0.5) is 0 Å². The molecule has 1 spiro atoms. The predicted octanol–water partition coefficient (Wildman–Crippen LogP) is 0.822. The largest absolute Gasteiger partial charge is 0.322 e. The van der Waals surface area contributed by atoms with Crippen LogP contribution in [0.5, 0.6) is 0 Å². The van der Waals surface area contributed by atoms with E-state index in [-0.39, 0.29) is 29.7 Å². The van der Waals surface area contributed by atoms with Crippen molar-refractivity contribution in [3.05, 3.63) is 34.9 Å². The molecule has 7 heteroatoms. The third-order valence-electron chi connectivity index (χ3n) is 7.00. The molecule has 7 nitrogen and oxygen atoms in total. The zero-order valence-corrected chi connectivity index (χ0v) is 15.9. The van der Waals surface area contributed by atoms with E-state index in [9.17, 15) is 14.4 Å². The molecule has 0 radical (unpaired) electrons. The van der Waals surface area contributed by atoms with Crippen molar-refractivity contribution in [3.63, 3.8) is 0 Å². The number of carbonyl (C=O) groups is 3. The summed E-state index contributed by atoms with van der Waals surface area (Å²) in [6.07, 6.45) is 5.52. The van der Waals surface area contributed by atoms with Crippen LogP contribution in [0.25, 0.3) is 0 Å². The van der Waals surface area contributed by atoms with Crippen molar-refractivity contribution < 1.29 is 14.4 Å². The molecule has 0 aromatic heterocycles. The molecule has 2 saturated heterocycles. The van der Waals surface area contributed by atoms with Crippen LogP contribution in [0.1, 0.15) is 60.0 Å². The highest BCUT2D eigenvalue weighted by atomic mass is 16.2. The first-order valence-corrected chi connectivity index (χ1v) is 10.3. The van der Waals surface area contributed by atoms with Gasteiger partial charge in [-0.2, -0.15) is 0 Å². The summed E-state index contributed by atoms with van der Waals surface area (Å²) in [7, 11) is 0. The second-order valence-corrected chi connectivity index (χ2v) is 8.51. The first-order chi connectivity index (χ1) is 13.6. The zero-order chi connectivity index (χ0) is 19.3. The van der Waals surface area contributed by atoms with Gasteiger partial charge in [0.1, 0.15) is 6.04 Å². The minimum atomic E-state index is -0.560. The number of nitrogens with one attached hydrogen (secondary N) is 3. The lowest BCUT2D eigenvalue weighted by Gasteiger charge is -2.44. The normalized spacial score (nSPS) is 28.4. The summed E-state index contributed by atoms with van der Waals surface area (Å²) in [6.45, 7) is 2.14. The Balaban J connectivity index is 1.33. The van der Waals surface area contributed by atoms with E-state index in [2.05, 4.69) is 16.0 Å². The number of amides is 3. The van der Waals surface area contributed by atoms with Crippen LogP contribution >= 0.6 is 0 Å². The van der Waals surface area contributed by atoms with Crippen molar-refractivity contribution in [1.82, 2.24) is 20.9 Å². The smallest absolute Gasteiger partial charge is 0.255 e. The third-order valence-corrected chi connectivity index (χ3v) is 7.00. The fourth-order valence-electron chi connectivity index (χ4n) is 5.32. The molecular formula is C21H26N4O3. The molecule has 4 aliphatic rings. The Kier molecular flexibility index (Phi) is 4.25. The van der Waals surface area contributed by atoms with Gasteiger partial charge in [0.05, 0.1) is 0 Å². The van der Waals surface area contributed by atoms with Gasteiger partial charge in [-0.1, -0.05) is 18.2 Å². The van der Waals surface area contributed by atoms with Gasteiger partial charge in [-0.15, -0.1) is 0 Å². The molecule has 0 bridgehead atoms. The minimum Gasteiger partial charge on any atom is -0.322 e. The van der Waals surface area contributed by atoms with Crippen LogP contribution in [-0.2, 0) is 22.7 Å². The maximum atomic E-state index is 13.2. The Bertz CT molecular complexity index is 848. The molecule has 1 aromatic rings. The second-order valence-electron chi connectivity index (χ2n) is 8.51. The standard InChI is InChI=1S/C21H26N4O3/c26-17-6-5-15(19(27)24-17)25-12-14-4-1-3-13(18(14)20(25)28)11-22-16-7-10-23-21(16)8-2-9-21/h1,3-4,15-16,22-23H,2,5-12H2,(H,24,26,27). The molecule has 3 N–H and O–H groups in total. The van der Waals surface area contributed by atoms with Crippen LogP contribution in [0, 0.1) is 0 Å². The van der Waals surface area contributed by atoms with E-state index in [0.717, 1.165) is 29.7 Å². The Morgan fingerprint density at radius 2 is 2.04 bits per heavy atom. The summed E-state index contributed by atoms with van der Waals surface area (Å²) in [4.78, 5) is 38.5. The Morgan fingerprint density at radius 3 is 2.79 bits per heavy atom. The number of piperidine rings is 1. The van der Waals surface area contributed by atoms with Crippen LogP contribution < -0.4 is 16.0 Å². The van der Waals surface area contributed by atoms with Gasteiger partial charge in [0, 0.05) is 36.7 Å².